The van der Waals surface area contributed by atoms with Gasteiger partial charge in [0.15, 0.2) is 0 Å². The molecule has 1 aliphatic heterocycles. The van der Waals surface area contributed by atoms with Gasteiger partial charge in [-0.05, 0) is 54.8 Å². The summed E-state index contributed by atoms with van der Waals surface area (Å²) in [5.41, 5.74) is 0.687. The van der Waals surface area contributed by atoms with E-state index in [0.717, 1.165) is 28.3 Å². The fourth-order valence-corrected chi connectivity index (χ4v) is 3.16. The van der Waals surface area contributed by atoms with Crippen LogP contribution in [0.5, 0.6) is 5.75 Å². The lowest BCUT2D eigenvalue weighted by molar-refractivity contribution is -0.274. The summed E-state index contributed by atoms with van der Waals surface area (Å²) < 4.78 is 40.7. The maximum Gasteiger partial charge on any atom is 0.573 e. The second-order valence-electron chi connectivity index (χ2n) is 7.36. The van der Waals surface area contributed by atoms with Gasteiger partial charge < -0.3 is 10.1 Å². The summed E-state index contributed by atoms with van der Waals surface area (Å²) in [4.78, 5) is 30.7. The zero-order valence-electron chi connectivity index (χ0n) is 16.1. The minimum absolute atomic E-state index is 0.156. The molecule has 3 amide bonds. The molecule has 0 radical (unpaired) electrons. The van der Waals surface area contributed by atoms with Crippen molar-refractivity contribution in [2.45, 2.75) is 45.0 Å². The summed E-state index contributed by atoms with van der Waals surface area (Å²) in [6.45, 7) is 5.62. The molecule has 1 N–H and O–H groups in total. The molecule has 1 atom stereocenters. The highest BCUT2D eigenvalue weighted by atomic mass is 19.4. The summed E-state index contributed by atoms with van der Waals surface area (Å²) in [6, 6.07) is 7.60. The van der Waals surface area contributed by atoms with Gasteiger partial charge in [0.05, 0.1) is 5.69 Å². The van der Waals surface area contributed by atoms with Crippen molar-refractivity contribution in [3.63, 3.8) is 0 Å². The summed E-state index contributed by atoms with van der Waals surface area (Å²) >= 11 is 0. The molecule has 154 valence electrons. The molecule has 9 heteroatoms. The van der Waals surface area contributed by atoms with E-state index < -0.39 is 29.6 Å². The van der Waals surface area contributed by atoms with E-state index in [2.05, 4.69) is 15.0 Å². The highest BCUT2D eigenvalue weighted by Gasteiger charge is 2.48. The molecule has 0 bridgehead atoms. The van der Waals surface area contributed by atoms with Gasteiger partial charge in [-0.1, -0.05) is 13.8 Å². The minimum atomic E-state index is -4.82. The molecule has 2 heterocycles. The first-order valence-corrected chi connectivity index (χ1v) is 8.96. The van der Waals surface area contributed by atoms with E-state index in [-0.39, 0.29) is 18.0 Å². The van der Waals surface area contributed by atoms with Crippen LogP contribution in [0.25, 0.3) is 0 Å². The highest BCUT2D eigenvalue weighted by Crippen LogP contribution is 2.30. The first-order valence-electron chi connectivity index (χ1n) is 8.96. The van der Waals surface area contributed by atoms with Crippen LogP contribution in [0.2, 0.25) is 0 Å². The zero-order valence-corrected chi connectivity index (χ0v) is 16.1. The van der Waals surface area contributed by atoms with E-state index in [1.165, 1.54) is 12.1 Å². The molecule has 1 aromatic heterocycles. The van der Waals surface area contributed by atoms with Crippen molar-refractivity contribution >= 4 is 17.6 Å². The molecule has 1 saturated heterocycles. The van der Waals surface area contributed by atoms with E-state index >= 15 is 0 Å². The summed E-state index contributed by atoms with van der Waals surface area (Å²) in [7, 11) is 0. The Bertz CT molecular complexity index is 929. The maximum absolute atomic E-state index is 13.0. The lowest BCUT2D eigenvalue weighted by Gasteiger charge is -2.22. The lowest BCUT2D eigenvalue weighted by Crippen LogP contribution is -2.46. The van der Waals surface area contributed by atoms with E-state index in [9.17, 15) is 22.8 Å². The third kappa shape index (κ3) is 4.49. The molecule has 6 nitrogen and oxygen atoms in total. The van der Waals surface area contributed by atoms with Crippen LogP contribution in [0.15, 0.2) is 42.6 Å². The summed E-state index contributed by atoms with van der Waals surface area (Å²) in [5, 5.41) is 2.68. The largest absolute Gasteiger partial charge is 0.573 e. The number of nitrogens with zero attached hydrogens (tertiary/aromatic N) is 2. The Morgan fingerprint density at radius 2 is 1.83 bits per heavy atom. The predicted octanol–water partition coefficient (Wildman–Crippen LogP) is 4.16. The Labute approximate surface area is 165 Å². The minimum Gasteiger partial charge on any atom is -0.406 e. The second kappa shape index (κ2) is 7.38. The van der Waals surface area contributed by atoms with Crippen molar-refractivity contribution < 1.29 is 27.5 Å². The molecule has 1 aromatic carbocycles. The van der Waals surface area contributed by atoms with E-state index in [1.54, 1.807) is 19.2 Å². The fraction of sp³-hybridized carbons (Fsp3) is 0.350. The van der Waals surface area contributed by atoms with Crippen molar-refractivity contribution in [3.05, 3.63) is 53.9 Å². The first-order chi connectivity index (χ1) is 13.5. The number of benzene rings is 1. The average Bonchev–Trinajstić information content (AvgIpc) is 2.83. The van der Waals surface area contributed by atoms with Gasteiger partial charge in [-0.25, -0.2) is 9.69 Å². The van der Waals surface area contributed by atoms with Gasteiger partial charge in [0.1, 0.15) is 11.3 Å². The van der Waals surface area contributed by atoms with Crippen LogP contribution in [-0.4, -0.2) is 28.8 Å². The topological polar surface area (TPSA) is 71.5 Å². The van der Waals surface area contributed by atoms with E-state index in [4.69, 9.17) is 0 Å². The molecule has 29 heavy (non-hydrogen) atoms. The van der Waals surface area contributed by atoms with Gasteiger partial charge in [0.25, 0.3) is 5.91 Å². The highest BCUT2D eigenvalue weighted by molar-refractivity contribution is 6.23. The van der Waals surface area contributed by atoms with Crippen LogP contribution in [-0.2, 0) is 11.2 Å². The van der Waals surface area contributed by atoms with Gasteiger partial charge in [-0.3, -0.25) is 9.78 Å². The second-order valence-corrected chi connectivity index (χ2v) is 7.36. The molecule has 0 saturated carbocycles. The number of hydrogen-bond acceptors (Lipinski definition) is 4. The van der Waals surface area contributed by atoms with E-state index in [1.807, 2.05) is 19.9 Å². The molecule has 3 rings (SSSR count). The average molecular weight is 407 g/mol. The van der Waals surface area contributed by atoms with Gasteiger partial charge in [0.2, 0.25) is 0 Å². The molecule has 1 aliphatic rings. The molecule has 0 spiro atoms. The third-order valence-corrected chi connectivity index (χ3v) is 4.58. The van der Waals surface area contributed by atoms with Crippen molar-refractivity contribution in [2.24, 2.45) is 0 Å². The third-order valence-electron chi connectivity index (χ3n) is 4.58. The lowest BCUT2D eigenvalue weighted by atomic mass is 9.92. The van der Waals surface area contributed by atoms with Crippen LogP contribution < -0.4 is 15.0 Å². The van der Waals surface area contributed by atoms with Crippen LogP contribution in [0.4, 0.5) is 23.7 Å². The Morgan fingerprint density at radius 3 is 2.41 bits per heavy atom. The number of imide groups is 1. The number of carbonyl (C=O) groups is 2. The molecular weight excluding hydrogens is 387 g/mol. The number of carbonyl (C=O) groups excluding carboxylic acids is 2. The Morgan fingerprint density at radius 1 is 1.17 bits per heavy atom. The number of alkyl halides is 3. The van der Waals surface area contributed by atoms with Gasteiger partial charge in [0, 0.05) is 18.3 Å². The van der Waals surface area contributed by atoms with Crippen LogP contribution in [0.1, 0.15) is 37.9 Å². The molecule has 2 aromatic rings. The number of hydrogen-bond donors (Lipinski definition) is 1. The number of amides is 3. The maximum atomic E-state index is 13.0. The quantitative estimate of drug-likeness (QED) is 0.756. The number of rotatable bonds is 5. The molecule has 1 fully saturated rings. The fourth-order valence-electron chi connectivity index (χ4n) is 3.16. The number of ether oxygens (including phenoxy) is 1. The van der Waals surface area contributed by atoms with Crippen molar-refractivity contribution in [1.82, 2.24) is 10.3 Å². The number of anilines is 1. The zero-order chi connectivity index (χ0) is 21.4. The molecule has 0 aliphatic carbocycles. The number of nitrogens with one attached hydrogen (secondary N) is 1. The Kier molecular flexibility index (Phi) is 5.25. The Balaban J connectivity index is 1.81. The predicted molar refractivity (Wildman–Crippen MR) is 99.6 cm³/mol. The van der Waals surface area contributed by atoms with Crippen LogP contribution in [0, 0.1) is 0 Å². The summed E-state index contributed by atoms with van der Waals surface area (Å²) in [6.07, 6.45) is -2.90. The van der Waals surface area contributed by atoms with E-state index in [0.29, 0.717) is 0 Å². The first kappa shape index (κ1) is 20.6. The molecular formula is C20H20F3N3O3. The standard InChI is InChI=1S/C20H20F3N3O3/c1-12(2)16-10-13(8-9-24-16)11-19(3)17(27)26(18(28)25-19)14-4-6-15(7-5-14)29-20(21,22)23/h4-10,12H,11H2,1-3H3,(H,25,28). The van der Waals surface area contributed by atoms with Crippen LogP contribution >= 0.6 is 0 Å². The van der Waals surface area contributed by atoms with Crippen LogP contribution in [0.3, 0.4) is 0 Å². The smallest absolute Gasteiger partial charge is 0.406 e. The van der Waals surface area contributed by atoms with Gasteiger partial charge in [-0.15, -0.1) is 13.2 Å². The van der Waals surface area contributed by atoms with Gasteiger partial charge in [-0.2, -0.15) is 0 Å². The Hall–Kier alpha value is -3.10. The monoisotopic (exact) mass is 407 g/mol. The van der Waals surface area contributed by atoms with Crippen molar-refractivity contribution in [1.29, 1.82) is 0 Å². The SMILES string of the molecule is CC(C)c1cc(CC2(C)NC(=O)N(c3ccc(OC(F)(F)F)cc3)C2=O)ccn1. The number of halogens is 3. The number of aromatic nitrogens is 1. The van der Waals surface area contributed by atoms with Gasteiger partial charge >= 0.3 is 12.4 Å². The normalized spacial score (nSPS) is 19.6. The number of urea groups is 1. The summed E-state index contributed by atoms with van der Waals surface area (Å²) in [5.74, 6) is -0.713. The van der Waals surface area contributed by atoms with Crippen molar-refractivity contribution in [2.75, 3.05) is 4.90 Å². The van der Waals surface area contributed by atoms with Crippen molar-refractivity contribution in [3.8, 4) is 5.75 Å². The molecule has 1 unspecified atom stereocenters. The number of pyridine rings is 1.